The summed E-state index contributed by atoms with van der Waals surface area (Å²) in [6.45, 7) is 0.609. The van der Waals surface area contributed by atoms with Gasteiger partial charge in [-0.25, -0.2) is 0 Å². The van der Waals surface area contributed by atoms with Crippen LogP contribution >= 0.6 is 0 Å². The third-order valence-electron chi connectivity index (χ3n) is 2.78. The molecule has 0 saturated heterocycles. The third-order valence-corrected chi connectivity index (χ3v) is 2.78. The molecular weight excluding hydrogens is 273 g/mol. The molecule has 0 aliphatic carbocycles. The van der Waals surface area contributed by atoms with Crippen molar-refractivity contribution in [2.45, 2.75) is 25.6 Å². The van der Waals surface area contributed by atoms with Gasteiger partial charge in [-0.3, -0.25) is 11.3 Å². The normalized spacial score (nSPS) is 13.3. The summed E-state index contributed by atoms with van der Waals surface area (Å²) in [5.74, 6) is 6.10. The number of benzene rings is 1. The highest BCUT2D eigenvalue weighted by Gasteiger charge is 2.27. The average molecular weight is 292 g/mol. The Bertz CT molecular complexity index is 425. The van der Waals surface area contributed by atoms with Crippen molar-refractivity contribution in [3.05, 3.63) is 29.3 Å². The second-order valence-corrected chi connectivity index (χ2v) is 4.42. The van der Waals surface area contributed by atoms with E-state index < -0.39 is 12.8 Å². The number of nitrogens with one attached hydrogen (secondary N) is 1. The molecule has 1 aromatic carbocycles. The second kappa shape index (κ2) is 7.47. The summed E-state index contributed by atoms with van der Waals surface area (Å²) < 4.78 is 45.7. The number of halogens is 3. The predicted molar refractivity (Wildman–Crippen MR) is 69.3 cm³/mol. The zero-order chi connectivity index (χ0) is 15.2. The number of hydrazine groups is 1. The Balaban J connectivity index is 2.64. The maximum absolute atomic E-state index is 12.0. The highest BCUT2D eigenvalue weighted by Crippen LogP contribution is 2.28. The molecular formula is C13H19F3N2O2. The van der Waals surface area contributed by atoms with Gasteiger partial charge in [0.15, 0.2) is 0 Å². The average Bonchev–Trinajstić information content (AvgIpc) is 2.37. The number of hydrogen-bond acceptors (Lipinski definition) is 4. The molecule has 0 aliphatic rings. The SMILES string of the molecule is COc1ccc(C)cc1C(CCOCC(F)(F)F)NN. The Kier molecular flexibility index (Phi) is 6.25. The fraction of sp³-hybridized carbons (Fsp3) is 0.538. The van der Waals surface area contributed by atoms with Crippen molar-refractivity contribution in [2.24, 2.45) is 5.84 Å². The second-order valence-electron chi connectivity index (χ2n) is 4.42. The van der Waals surface area contributed by atoms with Gasteiger partial charge in [0.1, 0.15) is 12.4 Å². The zero-order valence-corrected chi connectivity index (χ0v) is 11.5. The van der Waals surface area contributed by atoms with Crippen LogP contribution in [-0.2, 0) is 4.74 Å². The largest absolute Gasteiger partial charge is 0.496 e. The fourth-order valence-corrected chi connectivity index (χ4v) is 1.84. The van der Waals surface area contributed by atoms with Gasteiger partial charge in [-0.15, -0.1) is 0 Å². The first-order valence-corrected chi connectivity index (χ1v) is 6.12. The number of aryl methyl sites for hydroxylation is 1. The molecule has 1 aromatic rings. The zero-order valence-electron chi connectivity index (χ0n) is 11.5. The van der Waals surface area contributed by atoms with Crippen LogP contribution in [0.15, 0.2) is 18.2 Å². The fourth-order valence-electron chi connectivity index (χ4n) is 1.84. The van der Waals surface area contributed by atoms with Crippen molar-refractivity contribution in [3.8, 4) is 5.75 Å². The molecule has 1 atom stereocenters. The lowest BCUT2D eigenvalue weighted by molar-refractivity contribution is -0.174. The lowest BCUT2D eigenvalue weighted by Crippen LogP contribution is -2.30. The summed E-state index contributed by atoms with van der Waals surface area (Å²) in [6.07, 6.45) is -4.00. The Morgan fingerprint density at radius 1 is 1.35 bits per heavy atom. The minimum Gasteiger partial charge on any atom is -0.496 e. The van der Waals surface area contributed by atoms with Crippen LogP contribution in [0.25, 0.3) is 0 Å². The molecule has 0 spiro atoms. The molecule has 20 heavy (non-hydrogen) atoms. The van der Waals surface area contributed by atoms with Crippen LogP contribution in [-0.4, -0.2) is 26.5 Å². The summed E-state index contributed by atoms with van der Waals surface area (Å²) in [6, 6.07) is 5.23. The number of alkyl halides is 3. The summed E-state index contributed by atoms with van der Waals surface area (Å²) in [7, 11) is 1.53. The Hall–Kier alpha value is -1.31. The highest BCUT2D eigenvalue weighted by molar-refractivity contribution is 5.39. The van der Waals surface area contributed by atoms with E-state index >= 15 is 0 Å². The lowest BCUT2D eigenvalue weighted by atomic mass is 10.0. The van der Waals surface area contributed by atoms with Crippen LogP contribution in [0.4, 0.5) is 13.2 Å². The first kappa shape index (κ1) is 16.7. The van der Waals surface area contributed by atoms with Gasteiger partial charge in [-0.2, -0.15) is 13.2 Å². The van der Waals surface area contributed by atoms with Crippen molar-refractivity contribution in [1.82, 2.24) is 5.43 Å². The van der Waals surface area contributed by atoms with Crippen LogP contribution in [0, 0.1) is 6.92 Å². The smallest absolute Gasteiger partial charge is 0.411 e. The van der Waals surface area contributed by atoms with Gasteiger partial charge in [-0.05, 0) is 19.4 Å². The van der Waals surface area contributed by atoms with Crippen molar-refractivity contribution in [1.29, 1.82) is 0 Å². The van der Waals surface area contributed by atoms with Gasteiger partial charge >= 0.3 is 6.18 Å². The summed E-state index contributed by atoms with van der Waals surface area (Å²) in [4.78, 5) is 0. The molecule has 114 valence electrons. The molecule has 7 heteroatoms. The molecule has 0 aromatic heterocycles. The van der Waals surface area contributed by atoms with Gasteiger partial charge in [0.2, 0.25) is 0 Å². The summed E-state index contributed by atoms with van der Waals surface area (Å²) >= 11 is 0. The first-order valence-electron chi connectivity index (χ1n) is 6.12. The molecule has 4 nitrogen and oxygen atoms in total. The molecule has 0 heterocycles. The highest BCUT2D eigenvalue weighted by atomic mass is 19.4. The van der Waals surface area contributed by atoms with E-state index in [1.807, 2.05) is 19.1 Å². The quantitative estimate of drug-likeness (QED) is 0.460. The first-order chi connectivity index (χ1) is 9.37. The van der Waals surface area contributed by atoms with Crippen molar-refractivity contribution in [2.75, 3.05) is 20.3 Å². The van der Waals surface area contributed by atoms with E-state index in [0.29, 0.717) is 12.2 Å². The minimum atomic E-state index is -4.31. The van der Waals surface area contributed by atoms with Crippen molar-refractivity contribution < 1.29 is 22.6 Å². The molecule has 0 saturated carbocycles. The van der Waals surface area contributed by atoms with Crippen LogP contribution in [0.1, 0.15) is 23.6 Å². The topological polar surface area (TPSA) is 56.5 Å². The maximum Gasteiger partial charge on any atom is 0.411 e. The minimum absolute atomic E-state index is 0.0501. The van der Waals surface area contributed by atoms with Crippen LogP contribution in [0.3, 0.4) is 0 Å². The monoisotopic (exact) mass is 292 g/mol. The third kappa shape index (κ3) is 5.36. The molecule has 3 N–H and O–H groups in total. The summed E-state index contributed by atoms with van der Waals surface area (Å²) in [5.41, 5.74) is 4.38. The van der Waals surface area contributed by atoms with Crippen LogP contribution in [0.2, 0.25) is 0 Å². The van der Waals surface area contributed by atoms with Gasteiger partial charge < -0.3 is 9.47 Å². The lowest BCUT2D eigenvalue weighted by Gasteiger charge is -2.20. The number of rotatable bonds is 7. The Labute approximate surface area is 116 Å². The van der Waals surface area contributed by atoms with E-state index in [9.17, 15) is 13.2 Å². The van der Waals surface area contributed by atoms with Crippen molar-refractivity contribution >= 4 is 0 Å². The maximum atomic E-state index is 12.0. The molecule has 0 bridgehead atoms. The van der Waals surface area contributed by atoms with E-state index in [-0.39, 0.29) is 12.6 Å². The molecule has 0 fully saturated rings. The Morgan fingerprint density at radius 2 is 2.05 bits per heavy atom. The molecule has 1 unspecified atom stereocenters. The molecule has 0 aliphatic heterocycles. The van der Waals surface area contributed by atoms with Crippen LogP contribution in [0.5, 0.6) is 5.75 Å². The van der Waals surface area contributed by atoms with Gasteiger partial charge in [0.05, 0.1) is 13.2 Å². The van der Waals surface area contributed by atoms with E-state index in [2.05, 4.69) is 10.2 Å². The van der Waals surface area contributed by atoms with E-state index in [0.717, 1.165) is 11.1 Å². The number of ether oxygens (including phenoxy) is 2. The number of methoxy groups -OCH3 is 1. The van der Waals surface area contributed by atoms with E-state index in [4.69, 9.17) is 10.6 Å². The molecule has 1 rings (SSSR count). The standard InChI is InChI=1S/C13H19F3N2O2/c1-9-3-4-12(19-2)10(7-9)11(18-17)5-6-20-8-13(14,15)16/h3-4,7,11,18H,5-6,8,17H2,1-2H3. The predicted octanol–water partition coefficient (Wildman–Crippen LogP) is 2.48. The van der Waals surface area contributed by atoms with E-state index in [1.165, 1.54) is 7.11 Å². The Morgan fingerprint density at radius 3 is 2.60 bits per heavy atom. The summed E-state index contributed by atoms with van der Waals surface area (Å²) in [5, 5.41) is 0. The van der Waals surface area contributed by atoms with E-state index in [1.54, 1.807) is 6.07 Å². The number of nitrogens with two attached hydrogens (primary N) is 1. The number of hydrogen-bond donors (Lipinski definition) is 2. The molecule has 0 amide bonds. The van der Waals surface area contributed by atoms with Gasteiger partial charge in [-0.1, -0.05) is 17.7 Å². The van der Waals surface area contributed by atoms with Crippen LogP contribution < -0.4 is 16.0 Å². The molecule has 0 radical (unpaired) electrons. The van der Waals surface area contributed by atoms with Gasteiger partial charge in [0, 0.05) is 12.2 Å². The van der Waals surface area contributed by atoms with Gasteiger partial charge in [0.25, 0.3) is 0 Å². The van der Waals surface area contributed by atoms with Crippen molar-refractivity contribution in [3.63, 3.8) is 0 Å².